The Morgan fingerprint density at radius 3 is 2.68 bits per heavy atom. The number of amides is 1. The molecule has 1 aromatic heterocycles. The van der Waals surface area contributed by atoms with Crippen molar-refractivity contribution < 1.29 is 9.90 Å². The van der Waals surface area contributed by atoms with E-state index in [1.54, 1.807) is 4.57 Å². The molecule has 0 saturated heterocycles. The first kappa shape index (κ1) is 17.2. The number of imidazole rings is 1. The summed E-state index contributed by atoms with van der Waals surface area (Å²) >= 11 is 0. The highest BCUT2D eigenvalue weighted by atomic mass is 16.3. The fourth-order valence-corrected chi connectivity index (χ4v) is 3.09. The van der Waals surface area contributed by atoms with Gasteiger partial charge in [-0.15, -0.1) is 0 Å². The van der Waals surface area contributed by atoms with Crippen LogP contribution in [0.5, 0.6) is 0 Å². The summed E-state index contributed by atoms with van der Waals surface area (Å²) in [7, 11) is 0. The quantitative estimate of drug-likeness (QED) is 0.747. The predicted octanol–water partition coefficient (Wildman–Crippen LogP) is 3.60. The first-order valence-electron chi connectivity index (χ1n) is 8.45. The van der Waals surface area contributed by atoms with Crippen LogP contribution in [0.3, 0.4) is 0 Å². The molecule has 0 aliphatic carbocycles. The molecule has 0 spiro atoms. The van der Waals surface area contributed by atoms with Crippen molar-refractivity contribution in [3.63, 3.8) is 0 Å². The molecule has 0 saturated carbocycles. The number of aromatic nitrogens is 2. The van der Waals surface area contributed by atoms with Gasteiger partial charge in [0.1, 0.15) is 19.0 Å². The lowest BCUT2D eigenvalue weighted by molar-refractivity contribution is -0.116. The van der Waals surface area contributed by atoms with Gasteiger partial charge in [0, 0.05) is 5.69 Å². The number of nitrogens with zero attached hydrogens (tertiary/aromatic N) is 2. The van der Waals surface area contributed by atoms with Crippen LogP contribution in [0.1, 0.15) is 36.7 Å². The van der Waals surface area contributed by atoms with Gasteiger partial charge < -0.3 is 15.0 Å². The molecule has 0 fully saturated rings. The third-order valence-corrected chi connectivity index (χ3v) is 4.37. The molecular formula is C20H23N3O2. The Balaban J connectivity index is 1.90. The number of benzene rings is 2. The number of aliphatic hydroxyl groups excluding tert-OH is 1. The highest BCUT2D eigenvalue weighted by Gasteiger charge is 2.15. The average Bonchev–Trinajstić information content (AvgIpc) is 2.94. The van der Waals surface area contributed by atoms with Crippen molar-refractivity contribution in [2.75, 3.05) is 5.32 Å². The van der Waals surface area contributed by atoms with Gasteiger partial charge in [0.2, 0.25) is 5.91 Å². The molecule has 130 valence electrons. The first-order valence-corrected chi connectivity index (χ1v) is 8.45. The van der Waals surface area contributed by atoms with Crippen molar-refractivity contribution in [2.45, 2.75) is 39.8 Å². The molecule has 0 bridgehead atoms. The number of fused-ring (bicyclic) bond motifs is 1. The van der Waals surface area contributed by atoms with E-state index >= 15 is 0 Å². The number of carbonyl (C=O) groups is 1. The summed E-state index contributed by atoms with van der Waals surface area (Å²) < 4.78 is 1.76. The molecule has 2 N–H and O–H groups in total. The number of nitrogens with one attached hydrogen (secondary N) is 1. The molecule has 5 heteroatoms. The lowest BCUT2D eigenvalue weighted by Crippen LogP contribution is -2.21. The third-order valence-electron chi connectivity index (χ3n) is 4.37. The van der Waals surface area contributed by atoms with Crippen molar-refractivity contribution >= 4 is 22.6 Å². The van der Waals surface area contributed by atoms with Crippen LogP contribution in [0, 0.1) is 6.92 Å². The topological polar surface area (TPSA) is 67.2 Å². The Kier molecular flexibility index (Phi) is 4.86. The van der Waals surface area contributed by atoms with Crippen LogP contribution in [-0.2, 0) is 17.9 Å². The Morgan fingerprint density at radius 2 is 1.96 bits per heavy atom. The van der Waals surface area contributed by atoms with Gasteiger partial charge in [-0.2, -0.15) is 0 Å². The summed E-state index contributed by atoms with van der Waals surface area (Å²) in [6.07, 6.45) is 0. The maximum Gasteiger partial charge on any atom is 0.244 e. The van der Waals surface area contributed by atoms with Crippen LogP contribution in [0.4, 0.5) is 5.69 Å². The largest absolute Gasteiger partial charge is 0.388 e. The van der Waals surface area contributed by atoms with E-state index in [-0.39, 0.29) is 19.1 Å². The average molecular weight is 337 g/mol. The number of rotatable bonds is 5. The van der Waals surface area contributed by atoms with Crippen molar-refractivity contribution in [2.24, 2.45) is 0 Å². The Hall–Kier alpha value is -2.66. The summed E-state index contributed by atoms with van der Waals surface area (Å²) in [6, 6.07) is 13.6. The van der Waals surface area contributed by atoms with E-state index in [1.807, 2.05) is 49.4 Å². The highest BCUT2D eigenvalue weighted by Crippen LogP contribution is 2.27. The monoisotopic (exact) mass is 337 g/mol. The minimum atomic E-state index is -0.205. The lowest BCUT2D eigenvalue weighted by atomic mass is 9.98. The van der Waals surface area contributed by atoms with E-state index in [0.29, 0.717) is 11.7 Å². The zero-order chi connectivity index (χ0) is 18.0. The fraction of sp³-hybridized carbons (Fsp3) is 0.300. The lowest BCUT2D eigenvalue weighted by Gasteiger charge is -2.17. The first-order chi connectivity index (χ1) is 12.0. The second-order valence-electron chi connectivity index (χ2n) is 6.50. The zero-order valence-electron chi connectivity index (χ0n) is 14.8. The molecule has 0 aliphatic heterocycles. The number of para-hydroxylation sites is 3. The molecule has 1 heterocycles. The van der Waals surface area contributed by atoms with Crippen LogP contribution >= 0.6 is 0 Å². The molecular weight excluding hydrogens is 314 g/mol. The molecule has 0 atom stereocenters. The van der Waals surface area contributed by atoms with Crippen molar-refractivity contribution in [1.29, 1.82) is 0 Å². The third kappa shape index (κ3) is 3.42. The minimum absolute atomic E-state index is 0.113. The minimum Gasteiger partial charge on any atom is -0.388 e. The van der Waals surface area contributed by atoms with Crippen LogP contribution in [0.15, 0.2) is 42.5 Å². The van der Waals surface area contributed by atoms with Crippen molar-refractivity contribution in [3.8, 4) is 0 Å². The van der Waals surface area contributed by atoms with E-state index in [9.17, 15) is 9.90 Å². The Labute approximate surface area is 147 Å². The van der Waals surface area contributed by atoms with E-state index in [2.05, 4.69) is 24.1 Å². The predicted molar refractivity (Wildman–Crippen MR) is 99.6 cm³/mol. The van der Waals surface area contributed by atoms with Crippen molar-refractivity contribution in [3.05, 3.63) is 59.4 Å². The van der Waals surface area contributed by atoms with Crippen LogP contribution in [-0.4, -0.2) is 20.6 Å². The van der Waals surface area contributed by atoms with Crippen LogP contribution in [0.2, 0.25) is 0 Å². The van der Waals surface area contributed by atoms with Crippen LogP contribution < -0.4 is 5.32 Å². The van der Waals surface area contributed by atoms with E-state index < -0.39 is 0 Å². The normalized spacial score (nSPS) is 11.2. The van der Waals surface area contributed by atoms with Gasteiger partial charge in [-0.1, -0.05) is 44.2 Å². The molecule has 1 amide bonds. The summed E-state index contributed by atoms with van der Waals surface area (Å²) in [4.78, 5) is 17.1. The standard InChI is InChI=1S/C20H23N3O2/c1-13(2)15-8-6-7-14(3)20(15)22-19(25)11-23-17-10-5-4-9-16(17)21-18(23)12-24/h4-10,13,24H,11-12H2,1-3H3,(H,22,25). The second kappa shape index (κ2) is 7.07. The number of anilines is 1. The highest BCUT2D eigenvalue weighted by molar-refractivity contribution is 5.93. The molecule has 25 heavy (non-hydrogen) atoms. The van der Waals surface area contributed by atoms with Gasteiger partial charge in [-0.05, 0) is 36.1 Å². The maximum atomic E-state index is 12.7. The molecule has 5 nitrogen and oxygen atoms in total. The molecule has 3 aromatic rings. The fourth-order valence-electron chi connectivity index (χ4n) is 3.09. The number of hydrogen-bond acceptors (Lipinski definition) is 3. The zero-order valence-corrected chi connectivity index (χ0v) is 14.8. The molecule has 0 unspecified atom stereocenters. The van der Waals surface area contributed by atoms with Gasteiger partial charge in [0.15, 0.2) is 0 Å². The summed E-state index contributed by atoms with van der Waals surface area (Å²) in [5.41, 5.74) is 4.65. The smallest absolute Gasteiger partial charge is 0.244 e. The number of aliphatic hydroxyl groups is 1. The van der Waals surface area contributed by atoms with E-state index in [4.69, 9.17) is 0 Å². The number of aryl methyl sites for hydroxylation is 1. The number of hydrogen-bond donors (Lipinski definition) is 2. The molecule has 0 aliphatic rings. The molecule has 0 radical (unpaired) electrons. The maximum absolute atomic E-state index is 12.7. The molecule has 2 aromatic carbocycles. The summed E-state index contributed by atoms with van der Waals surface area (Å²) in [5, 5.41) is 12.6. The Morgan fingerprint density at radius 1 is 1.20 bits per heavy atom. The Bertz CT molecular complexity index is 912. The van der Waals surface area contributed by atoms with Crippen molar-refractivity contribution in [1.82, 2.24) is 9.55 Å². The number of carbonyl (C=O) groups excluding carboxylic acids is 1. The van der Waals surface area contributed by atoms with Gasteiger partial charge in [0.05, 0.1) is 11.0 Å². The summed E-state index contributed by atoms with van der Waals surface area (Å²) in [5.74, 6) is 0.677. The second-order valence-corrected chi connectivity index (χ2v) is 6.50. The summed E-state index contributed by atoms with van der Waals surface area (Å²) in [6.45, 7) is 6.12. The van der Waals surface area contributed by atoms with Gasteiger partial charge in [-0.25, -0.2) is 4.98 Å². The van der Waals surface area contributed by atoms with E-state index in [1.165, 1.54) is 0 Å². The molecule has 3 rings (SSSR count). The van der Waals surface area contributed by atoms with E-state index in [0.717, 1.165) is 27.8 Å². The van der Waals surface area contributed by atoms with Gasteiger partial charge in [-0.3, -0.25) is 4.79 Å². The van der Waals surface area contributed by atoms with Gasteiger partial charge >= 0.3 is 0 Å². The van der Waals surface area contributed by atoms with Crippen LogP contribution in [0.25, 0.3) is 11.0 Å². The van der Waals surface area contributed by atoms with Gasteiger partial charge in [0.25, 0.3) is 0 Å². The SMILES string of the molecule is Cc1cccc(C(C)C)c1NC(=O)Cn1c(CO)nc2ccccc21.